The van der Waals surface area contributed by atoms with Crippen LogP contribution in [0.4, 0.5) is 10.1 Å². The van der Waals surface area contributed by atoms with Gasteiger partial charge in [0.1, 0.15) is 11.6 Å². The number of rotatable bonds is 5. The SMILES string of the molecule is CC(NCc1ncc[nH]1)c1cc(F)ccc1N1CCN(C)CC1. The molecule has 0 radical (unpaired) electrons. The molecular weight excluding hydrogens is 293 g/mol. The van der Waals surface area contributed by atoms with Crippen molar-refractivity contribution in [3.8, 4) is 0 Å². The van der Waals surface area contributed by atoms with E-state index in [1.165, 1.54) is 0 Å². The van der Waals surface area contributed by atoms with Crippen LogP contribution in [0, 0.1) is 5.82 Å². The number of piperazine rings is 1. The number of nitrogens with zero attached hydrogens (tertiary/aromatic N) is 3. The van der Waals surface area contributed by atoms with Crippen LogP contribution >= 0.6 is 0 Å². The van der Waals surface area contributed by atoms with Crippen LogP contribution in [0.3, 0.4) is 0 Å². The van der Waals surface area contributed by atoms with Crippen LogP contribution in [-0.2, 0) is 6.54 Å². The zero-order valence-corrected chi connectivity index (χ0v) is 13.7. The zero-order valence-electron chi connectivity index (χ0n) is 13.7. The Morgan fingerprint density at radius 2 is 2.09 bits per heavy atom. The number of hydrogen-bond donors (Lipinski definition) is 2. The summed E-state index contributed by atoms with van der Waals surface area (Å²) in [6.07, 6.45) is 3.54. The minimum absolute atomic E-state index is 0.0467. The first-order valence-corrected chi connectivity index (χ1v) is 8.08. The number of benzene rings is 1. The third-order valence-corrected chi connectivity index (χ3v) is 4.43. The molecule has 1 aliphatic heterocycles. The molecule has 124 valence electrons. The van der Waals surface area contributed by atoms with Crippen molar-refractivity contribution in [1.29, 1.82) is 0 Å². The lowest BCUT2D eigenvalue weighted by atomic mass is 10.0. The predicted octanol–water partition coefficient (Wildman–Crippen LogP) is 2.15. The maximum Gasteiger partial charge on any atom is 0.123 e. The molecule has 2 N–H and O–H groups in total. The van der Waals surface area contributed by atoms with Gasteiger partial charge >= 0.3 is 0 Å². The summed E-state index contributed by atoms with van der Waals surface area (Å²) in [5, 5.41) is 3.42. The zero-order chi connectivity index (χ0) is 16.2. The average Bonchev–Trinajstić information content (AvgIpc) is 3.07. The van der Waals surface area contributed by atoms with E-state index < -0.39 is 0 Å². The lowest BCUT2D eigenvalue weighted by molar-refractivity contribution is 0.312. The molecule has 1 saturated heterocycles. The Morgan fingerprint density at radius 3 is 2.78 bits per heavy atom. The van der Waals surface area contributed by atoms with Gasteiger partial charge in [-0.2, -0.15) is 0 Å². The largest absolute Gasteiger partial charge is 0.369 e. The second-order valence-corrected chi connectivity index (χ2v) is 6.13. The van der Waals surface area contributed by atoms with E-state index in [4.69, 9.17) is 0 Å². The van der Waals surface area contributed by atoms with Crippen molar-refractivity contribution in [2.45, 2.75) is 19.5 Å². The van der Waals surface area contributed by atoms with Gasteiger partial charge in [0.05, 0.1) is 6.54 Å². The minimum Gasteiger partial charge on any atom is -0.369 e. The summed E-state index contributed by atoms with van der Waals surface area (Å²) in [6, 6.07) is 5.15. The van der Waals surface area contributed by atoms with Gasteiger partial charge in [-0.15, -0.1) is 0 Å². The molecule has 1 aromatic carbocycles. The third kappa shape index (κ3) is 3.89. The maximum absolute atomic E-state index is 13.8. The van der Waals surface area contributed by atoms with Crippen molar-refractivity contribution >= 4 is 5.69 Å². The highest BCUT2D eigenvalue weighted by atomic mass is 19.1. The van der Waals surface area contributed by atoms with E-state index in [0.717, 1.165) is 43.3 Å². The van der Waals surface area contributed by atoms with Gasteiger partial charge in [-0.05, 0) is 37.7 Å². The Labute approximate surface area is 136 Å². The molecule has 0 spiro atoms. The number of halogens is 1. The van der Waals surface area contributed by atoms with Gasteiger partial charge in [-0.1, -0.05) is 0 Å². The number of imidazole rings is 1. The van der Waals surface area contributed by atoms with Crippen molar-refractivity contribution < 1.29 is 4.39 Å². The molecule has 2 heterocycles. The topological polar surface area (TPSA) is 47.2 Å². The molecule has 0 bridgehead atoms. The van der Waals surface area contributed by atoms with E-state index >= 15 is 0 Å². The van der Waals surface area contributed by atoms with E-state index in [0.29, 0.717) is 6.54 Å². The van der Waals surface area contributed by atoms with E-state index in [1.54, 1.807) is 24.5 Å². The normalized spacial score (nSPS) is 17.4. The van der Waals surface area contributed by atoms with Gasteiger partial charge in [0.25, 0.3) is 0 Å². The molecule has 1 atom stereocenters. The highest BCUT2D eigenvalue weighted by Crippen LogP contribution is 2.28. The summed E-state index contributed by atoms with van der Waals surface area (Å²) < 4.78 is 13.8. The Hall–Kier alpha value is -1.92. The minimum atomic E-state index is -0.190. The highest BCUT2D eigenvalue weighted by Gasteiger charge is 2.20. The monoisotopic (exact) mass is 317 g/mol. The van der Waals surface area contributed by atoms with Gasteiger partial charge in [0, 0.05) is 50.3 Å². The average molecular weight is 317 g/mol. The molecule has 0 amide bonds. The molecule has 0 aliphatic carbocycles. The summed E-state index contributed by atoms with van der Waals surface area (Å²) >= 11 is 0. The van der Waals surface area contributed by atoms with Crippen LogP contribution in [0.5, 0.6) is 0 Å². The number of hydrogen-bond acceptors (Lipinski definition) is 4. The van der Waals surface area contributed by atoms with Gasteiger partial charge in [-0.25, -0.2) is 9.37 Å². The van der Waals surface area contributed by atoms with Crippen LogP contribution in [-0.4, -0.2) is 48.1 Å². The number of aromatic nitrogens is 2. The molecule has 2 aromatic rings. The van der Waals surface area contributed by atoms with Crippen molar-refractivity contribution in [1.82, 2.24) is 20.2 Å². The third-order valence-electron chi connectivity index (χ3n) is 4.43. The lowest BCUT2D eigenvalue weighted by Crippen LogP contribution is -2.45. The van der Waals surface area contributed by atoms with Gasteiger partial charge in [-0.3, -0.25) is 0 Å². The highest BCUT2D eigenvalue weighted by molar-refractivity contribution is 5.55. The fourth-order valence-corrected chi connectivity index (χ4v) is 2.96. The summed E-state index contributed by atoms with van der Waals surface area (Å²) in [6.45, 7) is 6.71. The van der Waals surface area contributed by atoms with Crippen LogP contribution in [0.1, 0.15) is 24.4 Å². The summed E-state index contributed by atoms with van der Waals surface area (Å²) in [5.74, 6) is 0.693. The number of aromatic amines is 1. The second kappa shape index (κ2) is 7.10. The Kier molecular flexibility index (Phi) is 4.93. The predicted molar refractivity (Wildman–Crippen MR) is 90.0 cm³/mol. The number of likely N-dealkylation sites (N-methyl/N-ethyl adjacent to an activating group) is 1. The smallest absolute Gasteiger partial charge is 0.123 e. The van der Waals surface area contributed by atoms with Crippen LogP contribution in [0.25, 0.3) is 0 Å². The fraction of sp³-hybridized carbons (Fsp3) is 0.471. The Bertz CT molecular complexity index is 620. The van der Waals surface area contributed by atoms with Gasteiger partial charge < -0.3 is 20.1 Å². The van der Waals surface area contributed by atoms with Crippen LogP contribution in [0.2, 0.25) is 0 Å². The molecule has 0 saturated carbocycles. The molecule has 1 aliphatic rings. The van der Waals surface area contributed by atoms with Crippen molar-refractivity contribution in [2.24, 2.45) is 0 Å². The van der Waals surface area contributed by atoms with Gasteiger partial charge in [0.15, 0.2) is 0 Å². The Balaban J connectivity index is 1.75. The molecule has 3 rings (SSSR count). The summed E-state index contributed by atoms with van der Waals surface area (Å²) in [7, 11) is 2.14. The fourth-order valence-electron chi connectivity index (χ4n) is 2.96. The quantitative estimate of drug-likeness (QED) is 0.887. The van der Waals surface area contributed by atoms with E-state index in [2.05, 4.69) is 39.1 Å². The number of anilines is 1. The molecule has 5 nitrogen and oxygen atoms in total. The van der Waals surface area contributed by atoms with Crippen molar-refractivity contribution in [3.63, 3.8) is 0 Å². The summed E-state index contributed by atoms with van der Waals surface area (Å²) in [5.41, 5.74) is 2.13. The second-order valence-electron chi connectivity index (χ2n) is 6.13. The first-order chi connectivity index (χ1) is 11.1. The molecular formula is C17H24FN5. The lowest BCUT2D eigenvalue weighted by Gasteiger charge is -2.36. The van der Waals surface area contributed by atoms with Crippen molar-refractivity contribution in [2.75, 3.05) is 38.1 Å². The van der Waals surface area contributed by atoms with Crippen LogP contribution < -0.4 is 10.2 Å². The molecule has 1 fully saturated rings. The Morgan fingerprint density at radius 1 is 1.30 bits per heavy atom. The summed E-state index contributed by atoms with van der Waals surface area (Å²) in [4.78, 5) is 12.0. The first-order valence-electron chi connectivity index (χ1n) is 8.08. The molecule has 1 unspecified atom stereocenters. The maximum atomic E-state index is 13.8. The van der Waals surface area contributed by atoms with Gasteiger partial charge in [0.2, 0.25) is 0 Å². The number of H-pyrrole nitrogens is 1. The first kappa shape index (κ1) is 16.0. The van der Waals surface area contributed by atoms with E-state index in [-0.39, 0.29) is 11.9 Å². The number of nitrogens with one attached hydrogen (secondary N) is 2. The van der Waals surface area contributed by atoms with Crippen molar-refractivity contribution in [3.05, 3.63) is 47.8 Å². The molecule has 6 heteroatoms. The van der Waals surface area contributed by atoms with E-state index in [1.807, 2.05) is 6.07 Å². The molecule has 23 heavy (non-hydrogen) atoms. The van der Waals surface area contributed by atoms with Crippen LogP contribution in [0.15, 0.2) is 30.6 Å². The van der Waals surface area contributed by atoms with E-state index in [9.17, 15) is 4.39 Å². The standard InChI is InChI=1S/C17H24FN5/c1-13(21-12-17-19-5-6-20-17)15-11-14(18)3-4-16(15)23-9-7-22(2)8-10-23/h3-6,11,13,21H,7-10,12H2,1-2H3,(H,19,20). The molecule has 1 aromatic heterocycles.